The molecule has 1 N–H and O–H groups in total. The van der Waals surface area contributed by atoms with Crippen LogP contribution in [0.4, 0.5) is 0 Å². The molecule has 2 aromatic carbocycles. The first kappa shape index (κ1) is 19.6. The van der Waals surface area contributed by atoms with Crippen LogP contribution in [0, 0.1) is 0 Å². The van der Waals surface area contributed by atoms with Gasteiger partial charge in [-0.2, -0.15) is 5.10 Å². The quantitative estimate of drug-likeness (QED) is 0.652. The van der Waals surface area contributed by atoms with Crippen LogP contribution in [0.3, 0.4) is 0 Å². The first-order valence-corrected chi connectivity index (χ1v) is 9.16. The molecule has 1 amide bonds. The standard InChI is InChI=1S/C22H25N3O3/c1-16(15-27-2)23-22(26)20-14-25(13-17-7-5-4-6-8-17)24-21(20)18-9-11-19(28-3)12-10-18/h4-12,14,16H,13,15H2,1-3H3,(H,23,26). The number of benzene rings is 2. The van der Waals surface area contributed by atoms with Crippen LogP contribution in [-0.2, 0) is 11.3 Å². The summed E-state index contributed by atoms with van der Waals surface area (Å²) in [6, 6.07) is 17.5. The van der Waals surface area contributed by atoms with Gasteiger partial charge in [-0.25, -0.2) is 0 Å². The highest BCUT2D eigenvalue weighted by Gasteiger charge is 2.19. The van der Waals surface area contributed by atoms with Crippen molar-refractivity contribution < 1.29 is 14.3 Å². The van der Waals surface area contributed by atoms with Crippen molar-refractivity contribution in [2.75, 3.05) is 20.8 Å². The van der Waals surface area contributed by atoms with E-state index in [9.17, 15) is 4.79 Å². The van der Waals surface area contributed by atoms with E-state index < -0.39 is 0 Å². The van der Waals surface area contributed by atoms with Gasteiger partial charge in [0.05, 0.1) is 25.8 Å². The summed E-state index contributed by atoms with van der Waals surface area (Å²) in [5.41, 5.74) is 3.15. The van der Waals surface area contributed by atoms with Crippen molar-refractivity contribution in [2.24, 2.45) is 0 Å². The van der Waals surface area contributed by atoms with Crippen LogP contribution in [0.1, 0.15) is 22.8 Å². The molecule has 1 unspecified atom stereocenters. The molecule has 28 heavy (non-hydrogen) atoms. The zero-order chi connectivity index (χ0) is 19.9. The van der Waals surface area contributed by atoms with E-state index in [0.717, 1.165) is 16.9 Å². The second-order valence-electron chi connectivity index (χ2n) is 6.63. The molecule has 6 nitrogen and oxygen atoms in total. The minimum absolute atomic E-state index is 0.0984. The third-order valence-corrected chi connectivity index (χ3v) is 4.35. The number of hydrogen-bond donors (Lipinski definition) is 1. The fraction of sp³-hybridized carbons (Fsp3) is 0.273. The number of ether oxygens (including phenoxy) is 2. The zero-order valence-electron chi connectivity index (χ0n) is 16.4. The molecular weight excluding hydrogens is 354 g/mol. The number of carbonyl (C=O) groups excluding carboxylic acids is 1. The Labute approximate surface area is 165 Å². The molecule has 0 aliphatic carbocycles. The van der Waals surface area contributed by atoms with E-state index in [1.54, 1.807) is 25.1 Å². The van der Waals surface area contributed by atoms with Crippen LogP contribution in [0.2, 0.25) is 0 Å². The number of nitrogens with zero attached hydrogens (tertiary/aromatic N) is 2. The summed E-state index contributed by atoms with van der Waals surface area (Å²) in [6.45, 7) is 2.94. The summed E-state index contributed by atoms with van der Waals surface area (Å²) in [5, 5.41) is 7.65. The van der Waals surface area contributed by atoms with Gasteiger partial charge in [0.1, 0.15) is 11.4 Å². The molecule has 1 heterocycles. The number of nitrogens with one attached hydrogen (secondary N) is 1. The fourth-order valence-electron chi connectivity index (χ4n) is 2.99. The van der Waals surface area contributed by atoms with Gasteiger partial charge in [-0.05, 0) is 36.8 Å². The largest absolute Gasteiger partial charge is 0.497 e. The molecule has 0 bridgehead atoms. The summed E-state index contributed by atoms with van der Waals surface area (Å²) >= 11 is 0. The Morgan fingerprint density at radius 1 is 1.11 bits per heavy atom. The Hall–Kier alpha value is -3.12. The van der Waals surface area contributed by atoms with Crippen molar-refractivity contribution in [3.63, 3.8) is 0 Å². The minimum Gasteiger partial charge on any atom is -0.497 e. The van der Waals surface area contributed by atoms with E-state index in [-0.39, 0.29) is 11.9 Å². The maximum absolute atomic E-state index is 12.9. The fourth-order valence-corrected chi connectivity index (χ4v) is 2.99. The molecule has 3 rings (SSSR count). The van der Waals surface area contributed by atoms with Gasteiger partial charge < -0.3 is 14.8 Å². The molecular formula is C22H25N3O3. The summed E-state index contributed by atoms with van der Waals surface area (Å²) < 4.78 is 12.1. The number of carbonyl (C=O) groups is 1. The van der Waals surface area contributed by atoms with Crippen molar-refractivity contribution in [2.45, 2.75) is 19.5 Å². The molecule has 0 fully saturated rings. The van der Waals surface area contributed by atoms with Crippen LogP contribution in [0.5, 0.6) is 5.75 Å². The predicted octanol–water partition coefficient (Wildman–Crippen LogP) is 3.37. The second-order valence-corrected chi connectivity index (χ2v) is 6.63. The highest BCUT2D eigenvalue weighted by molar-refractivity contribution is 6.00. The van der Waals surface area contributed by atoms with E-state index in [2.05, 4.69) is 10.4 Å². The predicted molar refractivity (Wildman–Crippen MR) is 109 cm³/mol. The van der Waals surface area contributed by atoms with E-state index in [4.69, 9.17) is 9.47 Å². The van der Waals surface area contributed by atoms with Gasteiger partial charge in [0.25, 0.3) is 5.91 Å². The van der Waals surface area contributed by atoms with Crippen LogP contribution < -0.4 is 10.1 Å². The lowest BCUT2D eigenvalue weighted by molar-refractivity contribution is 0.0906. The normalized spacial score (nSPS) is 11.8. The maximum atomic E-state index is 12.9. The van der Waals surface area contributed by atoms with Gasteiger partial charge in [-0.15, -0.1) is 0 Å². The third-order valence-electron chi connectivity index (χ3n) is 4.35. The highest BCUT2D eigenvalue weighted by atomic mass is 16.5. The number of methoxy groups -OCH3 is 2. The zero-order valence-corrected chi connectivity index (χ0v) is 16.4. The summed E-state index contributed by atoms with van der Waals surface area (Å²) in [4.78, 5) is 12.9. The first-order chi connectivity index (χ1) is 13.6. The smallest absolute Gasteiger partial charge is 0.255 e. The van der Waals surface area contributed by atoms with Gasteiger partial charge in [0, 0.05) is 24.9 Å². The molecule has 1 aromatic heterocycles. The van der Waals surface area contributed by atoms with E-state index in [0.29, 0.717) is 24.4 Å². The molecule has 1 atom stereocenters. The molecule has 0 saturated carbocycles. The Bertz CT molecular complexity index is 905. The van der Waals surface area contributed by atoms with Crippen molar-refractivity contribution in [3.05, 3.63) is 71.9 Å². The molecule has 0 spiro atoms. The van der Waals surface area contributed by atoms with Crippen LogP contribution >= 0.6 is 0 Å². The number of rotatable bonds is 8. The van der Waals surface area contributed by atoms with E-state index in [1.165, 1.54) is 0 Å². The molecule has 0 aliphatic rings. The van der Waals surface area contributed by atoms with Gasteiger partial charge in [-0.3, -0.25) is 9.48 Å². The lowest BCUT2D eigenvalue weighted by Gasteiger charge is -2.12. The number of aromatic nitrogens is 2. The lowest BCUT2D eigenvalue weighted by atomic mass is 10.1. The Morgan fingerprint density at radius 3 is 2.46 bits per heavy atom. The molecule has 6 heteroatoms. The van der Waals surface area contributed by atoms with Gasteiger partial charge in [0.2, 0.25) is 0 Å². The number of hydrogen-bond acceptors (Lipinski definition) is 4. The van der Waals surface area contributed by atoms with E-state index >= 15 is 0 Å². The Morgan fingerprint density at radius 2 is 1.82 bits per heavy atom. The van der Waals surface area contributed by atoms with Crippen LogP contribution in [0.15, 0.2) is 60.8 Å². The molecule has 146 valence electrons. The van der Waals surface area contributed by atoms with E-state index in [1.807, 2.05) is 61.5 Å². The summed E-state index contributed by atoms with van der Waals surface area (Å²) in [6.07, 6.45) is 1.79. The Balaban J connectivity index is 1.93. The SMILES string of the molecule is COCC(C)NC(=O)c1cn(Cc2ccccc2)nc1-c1ccc(OC)cc1. The van der Waals surface area contributed by atoms with Crippen molar-refractivity contribution >= 4 is 5.91 Å². The molecule has 3 aromatic rings. The minimum atomic E-state index is -0.172. The third kappa shape index (κ3) is 4.78. The lowest BCUT2D eigenvalue weighted by Crippen LogP contribution is -2.35. The van der Waals surface area contributed by atoms with Gasteiger partial charge in [-0.1, -0.05) is 30.3 Å². The second kappa shape index (κ2) is 9.19. The molecule has 0 saturated heterocycles. The van der Waals surface area contributed by atoms with Crippen molar-refractivity contribution in [1.29, 1.82) is 0 Å². The topological polar surface area (TPSA) is 65.4 Å². The monoisotopic (exact) mass is 379 g/mol. The number of amides is 1. The van der Waals surface area contributed by atoms with Gasteiger partial charge in [0.15, 0.2) is 0 Å². The van der Waals surface area contributed by atoms with Crippen LogP contribution in [-0.4, -0.2) is 42.6 Å². The highest BCUT2D eigenvalue weighted by Crippen LogP contribution is 2.25. The average Bonchev–Trinajstić information content (AvgIpc) is 3.13. The van der Waals surface area contributed by atoms with Gasteiger partial charge >= 0.3 is 0 Å². The molecule has 0 aliphatic heterocycles. The van der Waals surface area contributed by atoms with Crippen LogP contribution in [0.25, 0.3) is 11.3 Å². The Kier molecular flexibility index (Phi) is 6.45. The van der Waals surface area contributed by atoms with Crippen molar-refractivity contribution in [3.8, 4) is 17.0 Å². The first-order valence-electron chi connectivity index (χ1n) is 9.16. The molecule has 0 radical (unpaired) electrons. The average molecular weight is 379 g/mol. The summed E-state index contributed by atoms with van der Waals surface area (Å²) in [5.74, 6) is 0.585. The summed E-state index contributed by atoms with van der Waals surface area (Å²) in [7, 11) is 3.24. The van der Waals surface area contributed by atoms with Crippen molar-refractivity contribution in [1.82, 2.24) is 15.1 Å². The maximum Gasteiger partial charge on any atom is 0.255 e.